The highest BCUT2D eigenvalue weighted by atomic mass is 16.3. The monoisotopic (exact) mass is 390 g/mol. The number of carbonyl (C=O) groups excluding carboxylic acids is 2. The first-order chi connectivity index (χ1) is 13.6. The van der Waals surface area contributed by atoms with E-state index in [0.29, 0.717) is 18.8 Å². The fourth-order valence-corrected chi connectivity index (χ4v) is 3.62. The lowest BCUT2D eigenvalue weighted by Gasteiger charge is -2.37. The van der Waals surface area contributed by atoms with E-state index in [9.17, 15) is 9.59 Å². The first-order valence-electron chi connectivity index (χ1n) is 9.84. The van der Waals surface area contributed by atoms with E-state index in [1.165, 1.54) is 6.26 Å². The van der Waals surface area contributed by atoms with Crippen LogP contribution < -0.4 is 5.32 Å². The summed E-state index contributed by atoms with van der Waals surface area (Å²) in [4.78, 5) is 36.4. The Kier molecular flexibility index (Phi) is 6.91. The van der Waals surface area contributed by atoms with Crippen LogP contribution in [0.3, 0.4) is 0 Å². The molecule has 154 valence electrons. The molecule has 2 aliphatic heterocycles. The molecule has 1 aromatic heterocycles. The predicted octanol–water partition coefficient (Wildman–Crippen LogP) is -0.223. The van der Waals surface area contributed by atoms with Gasteiger partial charge in [0.15, 0.2) is 11.7 Å². The van der Waals surface area contributed by atoms with Crippen molar-refractivity contribution >= 4 is 17.8 Å². The molecule has 2 saturated heterocycles. The van der Waals surface area contributed by atoms with Gasteiger partial charge in [0.05, 0.1) is 6.26 Å². The Bertz CT molecular complexity index is 674. The number of hydrogen-bond acceptors (Lipinski definition) is 5. The number of guanidine groups is 1. The second-order valence-electron chi connectivity index (χ2n) is 7.08. The second kappa shape index (κ2) is 9.59. The summed E-state index contributed by atoms with van der Waals surface area (Å²) in [6, 6.07) is 3.43. The van der Waals surface area contributed by atoms with E-state index in [0.717, 1.165) is 58.3 Å². The van der Waals surface area contributed by atoms with Crippen molar-refractivity contribution in [3.05, 3.63) is 24.2 Å². The minimum Gasteiger partial charge on any atom is -0.459 e. The third-order valence-corrected chi connectivity index (χ3v) is 5.34. The Hall–Kier alpha value is -2.55. The topological polar surface area (TPSA) is 84.6 Å². The molecule has 1 aromatic rings. The van der Waals surface area contributed by atoms with Gasteiger partial charge < -0.3 is 24.4 Å². The largest absolute Gasteiger partial charge is 0.459 e. The number of aliphatic imine (C=N–C) groups is 1. The molecule has 3 heterocycles. The zero-order valence-electron chi connectivity index (χ0n) is 16.8. The van der Waals surface area contributed by atoms with Crippen molar-refractivity contribution in [3.63, 3.8) is 0 Å². The van der Waals surface area contributed by atoms with E-state index in [2.05, 4.69) is 20.1 Å². The number of hydrogen-bond donors (Lipinski definition) is 1. The third-order valence-electron chi connectivity index (χ3n) is 5.34. The van der Waals surface area contributed by atoms with Crippen LogP contribution in [0.15, 0.2) is 27.8 Å². The molecule has 0 radical (unpaired) electrons. The van der Waals surface area contributed by atoms with Gasteiger partial charge in [-0.15, -0.1) is 0 Å². The number of amides is 2. The van der Waals surface area contributed by atoms with Gasteiger partial charge in [-0.1, -0.05) is 0 Å². The van der Waals surface area contributed by atoms with E-state index < -0.39 is 0 Å². The SMILES string of the molecule is CN=C(NCCN1CCN(C(C)=O)CC1)N1CCN(C(=O)c2ccco2)CC1. The standard InChI is InChI=1S/C19H30N6O3/c1-16(26)23-9-7-22(8-10-23)6-5-21-19(20-2)25-13-11-24(12-14-25)18(27)17-4-3-15-28-17/h3-4,15H,5-14H2,1-2H3,(H,20,21). The summed E-state index contributed by atoms with van der Waals surface area (Å²) < 4.78 is 5.21. The van der Waals surface area contributed by atoms with Crippen LogP contribution >= 0.6 is 0 Å². The smallest absolute Gasteiger partial charge is 0.289 e. The summed E-state index contributed by atoms with van der Waals surface area (Å²) in [5, 5.41) is 3.42. The van der Waals surface area contributed by atoms with E-state index in [-0.39, 0.29) is 11.8 Å². The quantitative estimate of drug-likeness (QED) is 0.565. The van der Waals surface area contributed by atoms with Crippen LogP contribution in [0, 0.1) is 0 Å². The van der Waals surface area contributed by atoms with E-state index in [1.54, 1.807) is 26.1 Å². The van der Waals surface area contributed by atoms with Gasteiger partial charge in [-0.25, -0.2) is 0 Å². The van der Waals surface area contributed by atoms with Crippen LogP contribution in [0.1, 0.15) is 17.5 Å². The van der Waals surface area contributed by atoms with Gasteiger partial charge in [-0.05, 0) is 12.1 Å². The van der Waals surface area contributed by atoms with Crippen LogP contribution in [0.5, 0.6) is 0 Å². The minimum absolute atomic E-state index is 0.0581. The number of furan rings is 1. The minimum atomic E-state index is -0.0581. The lowest BCUT2D eigenvalue weighted by Crippen LogP contribution is -2.55. The maximum absolute atomic E-state index is 12.4. The molecule has 2 fully saturated rings. The number of rotatable bonds is 4. The molecular weight excluding hydrogens is 360 g/mol. The first kappa shape index (κ1) is 20.2. The molecule has 9 heteroatoms. The number of nitrogens with one attached hydrogen (secondary N) is 1. The van der Waals surface area contributed by atoms with Crippen LogP contribution in [0.4, 0.5) is 0 Å². The van der Waals surface area contributed by atoms with Crippen LogP contribution in [-0.2, 0) is 4.79 Å². The summed E-state index contributed by atoms with van der Waals surface area (Å²) in [6.45, 7) is 9.54. The molecule has 0 bridgehead atoms. The molecule has 3 rings (SSSR count). The molecule has 0 unspecified atom stereocenters. The Morgan fingerprint density at radius 3 is 2.25 bits per heavy atom. The van der Waals surface area contributed by atoms with E-state index in [4.69, 9.17) is 4.42 Å². The zero-order chi connectivity index (χ0) is 19.9. The van der Waals surface area contributed by atoms with Crippen LogP contribution in [0.2, 0.25) is 0 Å². The molecule has 9 nitrogen and oxygen atoms in total. The van der Waals surface area contributed by atoms with Crippen LogP contribution in [-0.4, -0.2) is 110 Å². The maximum atomic E-state index is 12.4. The Morgan fingerprint density at radius 1 is 1.04 bits per heavy atom. The van der Waals surface area contributed by atoms with Crippen molar-refractivity contribution < 1.29 is 14.0 Å². The molecule has 0 saturated carbocycles. The van der Waals surface area contributed by atoms with Gasteiger partial charge in [-0.2, -0.15) is 0 Å². The summed E-state index contributed by atoms with van der Waals surface area (Å²) in [7, 11) is 1.79. The van der Waals surface area contributed by atoms with Crippen molar-refractivity contribution in [2.24, 2.45) is 4.99 Å². The highest BCUT2D eigenvalue weighted by molar-refractivity contribution is 5.91. The number of piperazine rings is 2. The van der Waals surface area contributed by atoms with Crippen molar-refractivity contribution in [1.29, 1.82) is 0 Å². The van der Waals surface area contributed by atoms with E-state index in [1.807, 2.05) is 9.80 Å². The Morgan fingerprint density at radius 2 is 1.68 bits per heavy atom. The summed E-state index contributed by atoms with van der Waals surface area (Å²) in [5.41, 5.74) is 0. The van der Waals surface area contributed by atoms with Crippen molar-refractivity contribution in [2.75, 3.05) is 72.5 Å². The summed E-state index contributed by atoms with van der Waals surface area (Å²) >= 11 is 0. The molecule has 2 amide bonds. The average Bonchev–Trinajstić information content (AvgIpc) is 3.26. The highest BCUT2D eigenvalue weighted by Crippen LogP contribution is 2.09. The summed E-state index contributed by atoms with van der Waals surface area (Å²) in [6.07, 6.45) is 1.52. The van der Waals surface area contributed by atoms with E-state index >= 15 is 0 Å². The lowest BCUT2D eigenvalue weighted by molar-refractivity contribution is -0.130. The van der Waals surface area contributed by atoms with Crippen molar-refractivity contribution in [3.8, 4) is 0 Å². The average molecular weight is 390 g/mol. The molecule has 2 aliphatic rings. The fourth-order valence-electron chi connectivity index (χ4n) is 3.62. The molecular formula is C19H30N6O3. The van der Waals surface area contributed by atoms with Gasteiger partial charge in [0, 0.05) is 79.4 Å². The third kappa shape index (κ3) is 5.03. The molecule has 0 aromatic carbocycles. The van der Waals surface area contributed by atoms with Crippen LogP contribution in [0.25, 0.3) is 0 Å². The molecule has 0 atom stereocenters. The van der Waals surface area contributed by atoms with Crippen molar-refractivity contribution in [1.82, 2.24) is 24.9 Å². The van der Waals surface area contributed by atoms with Gasteiger partial charge in [0.25, 0.3) is 5.91 Å². The fraction of sp³-hybridized carbons (Fsp3) is 0.632. The first-order valence-corrected chi connectivity index (χ1v) is 9.84. The highest BCUT2D eigenvalue weighted by Gasteiger charge is 2.25. The number of carbonyl (C=O) groups is 2. The van der Waals surface area contributed by atoms with Gasteiger partial charge in [0.2, 0.25) is 5.91 Å². The lowest BCUT2D eigenvalue weighted by atomic mass is 10.3. The Balaban J connectivity index is 1.38. The maximum Gasteiger partial charge on any atom is 0.289 e. The predicted molar refractivity (Wildman–Crippen MR) is 106 cm³/mol. The number of nitrogens with zero attached hydrogens (tertiary/aromatic N) is 5. The normalized spacial score (nSPS) is 19.1. The molecule has 28 heavy (non-hydrogen) atoms. The van der Waals surface area contributed by atoms with Gasteiger partial charge in [0.1, 0.15) is 0 Å². The second-order valence-corrected chi connectivity index (χ2v) is 7.08. The van der Waals surface area contributed by atoms with Crippen molar-refractivity contribution in [2.45, 2.75) is 6.92 Å². The zero-order valence-corrected chi connectivity index (χ0v) is 16.8. The molecule has 0 aliphatic carbocycles. The molecule has 0 spiro atoms. The molecule has 1 N–H and O–H groups in total. The Labute approximate surface area is 165 Å². The van der Waals surface area contributed by atoms with Gasteiger partial charge >= 0.3 is 0 Å². The summed E-state index contributed by atoms with van der Waals surface area (Å²) in [5.74, 6) is 1.36. The van der Waals surface area contributed by atoms with Gasteiger partial charge in [-0.3, -0.25) is 19.5 Å².